The number of aliphatic carboxylic acids is 1. The van der Waals surface area contributed by atoms with Crippen molar-refractivity contribution in [3.05, 3.63) is 81.9 Å². The second kappa shape index (κ2) is 8.19. The fraction of sp³-hybridized carbons (Fsp3) is 0.370. The molecule has 2 aromatic carbocycles. The summed E-state index contributed by atoms with van der Waals surface area (Å²) >= 11 is 0. The van der Waals surface area contributed by atoms with Crippen molar-refractivity contribution in [2.75, 3.05) is 19.8 Å². The van der Waals surface area contributed by atoms with Crippen LogP contribution in [0.3, 0.4) is 0 Å². The zero-order valence-corrected chi connectivity index (χ0v) is 18.8. The Morgan fingerprint density at radius 2 is 1.94 bits per heavy atom. The third-order valence-corrected chi connectivity index (χ3v) is 7.10. The van der Waals surface area contributed by atoms with Crippen molar-refractivity contribution in [2.24, 2.45) is 5.41 Å². The number of rotatable bonds is 5. The van der Waals surface area contributed by atoms with Crippen LogP contribution < -0.4 is 0 Å². The Balaban J connectivity index is 1.62. The maximum absolute atomic E-state index is 15.5. The molecule has 4 nitrogen and oxygen atoms in total. The van der Waals surface area contributed by atoms with Crippen LogP contribution in [0, 0.1) is 17.0 Å². The lowest BCUT2D eigenvalue weighted by Crippen LogP contribution is -2.53. The number of carboxylic acid groups (broad SMARTS) is 1. The summed E-state index contributed by atoms with van der Waals surface area (Å²) in [6.07, 6.45) is 3.60. The number of carboxylic acids is 1. The predicted molar refractivity (Wildman–Crippen MR) is 123 cm³/mol. The minimum atomic E-state index is -1.17. The Hall–Kier alpha value is -2.83. The number of hydrogen-bond donors (Lipinski definition) is 1. The van der Waals surface area contributed by atoms with Crippen LogP contribution in [0.5, 0.6) is 0 Å². The van der Waals surface area contributed by atoms with Gasteiger partial charge in [-0.05, 0) is 65.8 Å². The van der Waals surface area contributed by atoms with Gasteiger partial charge in [0, 0.05) is 29.6 Å². The zero-order valence-electron chi connectivity index (χ0n) is 18.8. The Labute approximate surface area is 192 Å². The summed E-state index contributed by atoms with van der Waals surface area (Å²) in [7, 11) is 0. The van der Waals surface area contributed by atoms with Gasteiger partial charge in [-0.15, -0.1) is 0 Å². The molecule has 0 aromatic heterocycles. The number of benzene rings is 2. The summed E-state index contributed by atoms with van der Waals surface area (Å²) in [4.78, 5) is 13.1. The molecule has 2 atom stereocenters. The van der Waals surface area contributed by atoms with Gasteiger partial charge in [0.15, 0.2) is 0 Å². The molecule has 0 bridgehead atoms. The summed E-state index contributed by atoms with van der Waals surface area (Å²) in [6.45, 7) is 6.24. The zero-order chi connectivity index (χ0) is 23.3. The smallest absolute Gasteiger partial charge is 0.328 e. The van der Waals surface area contributed by atoms with E-state index in [9.17, 15) is 4.79 Å². The monoisotopic (exact) mass is 451 g/mol. The molecular formula is C27H27F2NO3. The largest absolute Gasteiger partial charge is 0.478 e. The van der Waals surface area contributed by atoms with Crippen molar-refractivity contribution in [3.8, 4) is 0 Å². The van der Waals surface area contributed by atoms with E-state index in [1.54, 1.807) is 0 Å². The molecule has 0 radical (unpaired) electrons. The molecule has 6 heteroatoms. The first-order chi connectivity index (χ1) is 15.8. The lowest BCUT2D eigenvalue weighted by Gasteiger charge is -2.49. The van der Waals surface area contributed by atoms with Gasteiger partial charge in [0.2, 0.25) is 0 Å². The maximum Gasteiger partial charge on any atom is 0.328 e. The van der Waals surface area contributed by atoms with Gasteiger partial charge in [0.1, 0.15) is 11.6 Å². The molecule has 2 aromatic rings. The topological polar surface area (TPSA) is 49.8 Å². The Kier molecular flexibility index (Phi) is 5.46. The van der Waals surface area contributed by atoms with Crippen LogP contribution in [-0.4, -0.2) is 41.8 Å². The number of carbonyl (C=O) groups is 1. The molecule has 0 saturated carbocycles. The molecule has 1 saturated heterocycles. The average molecular weight is 452 g/mol. The van der Waals surface area contributed by atoms with Gasteiger partial charge >= 0.3 is 5.97 Å². The summed E-state index contributed by atoms with van der Waals surface area (Å²) in [6, 6.07) is 10.2. The van der Waals surface area contributed by atoms with Gasteiger partial charge in [0.05, 0.1) is 19.3 Å². The molecule has 1 fully saturated rings. The van der Waals surface area contributed by atoms with E-state index in [0.717, 1.165) is 18.1 Å². The predicted octanol–water partition coefficient (Wildman–Crippen LogP) is 5.24. The first kappa shape index (κ1) is 22.0. The van der Waals surface area contributed by atoms with Crippen molar-refractivity contribution >= 4 is 17.6 Å². The van der Waals surface area contributed by atoms with Gasteiger partial charge < -0.3 is 9.84 Å². The van der Waals surface area contributed by atoms with E-state index in [4.69, 9.17) is 9.84 Å². The Morgan fingerprint density at radius 3 is 2.58 bits per heavy atom. The van der Waals surface area contributed by atoms with E-state index in [-0.39, 0.29) is 22.6 Å². The van der Waals surface area contributed by atoms with E-state index in [2.05, 4.69) is 30.9 Å². The van der Waals surface area contributed by atoms with Crippen LogP contribution in [0.1, 0.15) is 48.6 Å². The van der Waals surface area contributed by atoms with Crippen LogP contribution >= 0.6 is 0 Å². The van der Waals surface area contributed by atoms with Gasteiger partial charge in [-0.3, -0.25) is 4.90 Å². The van der Waals surface area contributed by atoms with Gasteiger partial charge in [0.25, 0.3) is 0 Å². The second-order valence-electron chi connectivity index (χ2n) is 9.84. The van der Waals surface area contributed by atoms with E-state index >= 15 is 8.78 Å². The average Bonchev–Trinajstić information content (AvgIpc) is 3.10. The maximum atomic E-state index is 15.5. The highest BCUT2D eigenvalue weighted by Gasteiger charge is 2.45. The van der Waals surface area contributed by atoms with Crippen molar-refractivity contribution in [3.63, 3.8) is 0 Å². The van der Waals surface area contributed by atoms with Crippen LogP contribution in [0.15, 0.2) is 48.0 Å². The fourth-order valence-corrected chi connectivity index (χ4v) is 5.52. The fourth-order valence-electron chi connectivity index (χ4n) is 5.52. The molecule has 0 spiro atoms. The van der Waals surface area contributed by atoms with Gasteiger partial charge in [-0.1, -0.05) is 31.2 Å². The summed E-state index contributed by atoms with van der Waals surface area (Å²) in [5, 5.41) is 8.86. The highest BCUT2D eigenvalue weighted by Crippen LogP contribution is 2.50. The molecule has 33 heavy (non-hydrogen) atoms. The summed E-state index contributed by atoms with van der Waals surface area (Å²) < 4.78 is 36.5. The molecule has 3 aliphatic rings. The Morgan fingerprint density at radius 1 is 1.24 bits per heavy atom. The van der Waals surface area contributed by atoms with Crippen LogP contribution in [0.2, 0.25) is 0 Å². The molecule has 5 rings (SSSR count). The molecule has 1 N–H and O–H groups in total. The van der Waals surface area contributed by atoms with Gasteiger partial charge in [-0.2, -0.15) is 0 Å². The minimum absolute atomic E-state index is 0.0400. The van der Waals surface area contributed by atoms with E-state index in [0.29, 0.717) is 26.2 Å². The third-order valence-electron chi connectivity index (χ3n) is 7.10. The number of fused-ring (bicyclic) bond motifs is 2. The van der Waals surface area contributed by atoms with E-state index < -0.39 is 23.6 Å². The molecule has 172 valence electrons. The van der Waals surface area contributed by atoms with Crippen LogP contribution in [0.25, 0.3) is 11.6 Å². The van der Waals surface area contributed by atoms with E-state index in [1.807, 2.05) is 12.1 Å². The van der Waals surface area contributed by atoms with Crippen LogP contribution in [-0.2, 0) is 16.0 Å². The normalized spacial score (nSPS) is 24.0. The van der Waals surface area contributed by atoms with Crippen molar-refractivity contribution in [1.82, 2.24) is 4.90 Å². The molecular weight excluding hydrogens is 424 g/mol. The van der Waals surface area contributed by atoms with Gasteiger partial charge in [-0.25, -0.2) is 13.6 Å². The first-order valence-electron chi connectivity index (χ1n) is 11.3. The quantitative estimate of drug-likeness (QED) is 0.632. The lowest BCUT2D eigenvalue weighted by molar-refractivity contribution is -0.131. The standard InChI is InChI=1S/C27H27F2NO3/c1-16-9-20-19-6-4-3-5-18(19)12-21(20)26(30(16)13-27(2)14-33-15-27)25-22(28)10-17(11-23(25)29)7-8-24(31)32/h3-8,10-11,16,26H,9,12-15H2,1-2H3,(H,31,32)/b8-7+/t16-,26+/m1/s1. The highest BCUT2D eigenvalue weighted by atomic mass is 19.1. The number of nitrogens with zero attached hydrogens (tertiary/aromatic N) is 1. The van der Waals surface area contributed by atoms with Crippen molar-refractivity contribution in [1.29, 1.82) is 0 Å². The number of ether oxygens (including phenoxy) is 1. The molecule has 2 heterocycles. The summed E-state index contributed by atoms with van der Waals surface area (Å²) in [5.41, 5.74) is 4.82. The molecule has 1 aliphatic carbocycles. The highest BCUT2D eigenvalue weighted by molar-refractivity contribution is 5.85. The van der Waals surface area contributed by atoms with Crippen molar-refractivity contribution in [2.45, 2.75) is 38.8 Å². The van der Waals surface area contributed by atoms with Crippen molar-refractivity contribution < 1.29 is 23.4 Å². The second-order valence-corrected chi connectivity index (χ2v) is 9.84. The number of hydrogen-bond acceptors (Lipinski definition) is 3. The lowest BCUT2D eigenvalue weighted by atomic mass is 9.80. The Bertz CT molecular complexity index is 1160. The molecule has 0 unspecified atom stereocenters. The van der Waals surface area contributed by atoms with Crippen LogP contribution in [0.4, 0.5) is 8.78 Å². The first-order valence-corrected chi connectivity index (χ1v) is 11.3. The summed E-state index contributed by atoms with van der Waals surface area (Å²) in [5.74, 6) is -2.47. The number of halogens is 2. The molecule has 0 amide bonds. The molecule has 2 aliphatic heterocycles. The van der Waals surface area contributed by atoms with E-state index in [1.165, 1.54) is 34.9 Å². The minimum Gasteiger partial charge on any atom is -0.478 e. The SMILES string of the molecule is C[C@@H]1CC2=C(Cc3ccccc32)[C@@H](c2c(F)cc(/C=C/C(=O)O)cc2F)N1CC1(C)COC1. The third kappa shape index (κ3) is 3.91.